The Bertz CT molecular complexity index is 1160. The smallest absolute Gasteiger partial charge is 0.279 e. The number of ether oxygens (including phenoxy) is 3. The lowest BCUT2D eigenvalue weighted by Crippen LogP contribution is -2.37. The molecule has 0 aromatic heterocycles. The van der Waals surface area contributed by atoms with Crippen molar-refractivity contribution in [3.8, 4) is 17.2 Å². The molecule has 1 amide bonds. The number of rotatable bonds is 4. The summed E-state index contributed by atoms with van der Waals surface area (Å²) in [6, 6.07) is 12.2. The van der Waals surface area contributed by atoms with Crippen molar-refractivity contribution in [2.24, 2.45) is 4.99 Å². The zero-order valence-electron chi connectivity index (χ0n) is 16.7. The minimum atomic E-state index is -3.11. The Morgan fingerprint density at radius 1 is 1.16 bits per heavy atom. The zero-order valence-corrected chi connectivity index (χ0v) is 18.3. The van der Waals surface area contributed by atoms with Crippen molar-refractivity contribution in [3.63, 3.8) is 0 Å². The second-order valence-electron chi connectivity index (χ2n) is 7.54. The number of thioether (sulfide) groups is 1. The van der Waals surface area contributed by atoms with Gasteiger partial charge in [0.1, 0.15) is 5.75 Å². The zero-order chi connectivity index (χ0) is 21.6. The number of methoxy groups -OCH3 is 1. The van der Waals surface area contributed by atoms with Crippen LogP contribution >= 0.6 is 11.8 Å². The number of nitrogens with zero attached hydrogens (tertiary/aromatic N) is 2. The Balaban J connectivity index is 1.43. The Morgan fingerprint density at radius 2 is 1.94 bits per heavy atom. The van der Waals surface area contributed by atoms with Gasteiger partial charge in [-0.05, 0) is 42.0 Å². The van der Waals surface area contributed by atoms with Crippen LogP contribution in [0, 0.1) is 0 Å². The topological polar surface area (TPSA) is 94.5 Å². The highest BCUT2D eigenvalue weighted by Crippen LogP contribution is 2.40. The molecule has 0 bridgehead atoms. The van der Waals surface area contributed by atoms with Crippen LogP contribution in [0.4, 0.5) is 0 Å². The quantitative estimate of drug-likeness (QED) is 0.686. The van der Waals surface area contributed by atoms with Gasteiger partial charge in [0, 0.05) is 17.4 Å². The average molecular weight is 461 g/mol. The van der Waals surface area contributed by atoms with Crippen molar-refractivity contribution in [1.29, 1.82) is 0 Å². The summed E-state index contributed by atoms with van der Waals surface area (Å²) in [5.41, 5.74) is 1.38. The van der Waals surface area contributed by atoms with Crippen LogP contribution in [0.25, 0.3) is 0 Å². The summed E-state index contributed by atoms with van der Waals surface area (Å²) in [4.78, 5) is 19.1. The monoisotopic (exact) mass is 460 g/mol. The fraction of sp³-hybridized carbons (Fsp3) is 0.333. The number of hydrogen-bond acceptors (Lipinski definition) is 7. The van der Waals surface area contributed by atoms with Crippen molar-refractivity contribution in [2.75, 3.05) is 25.4 Å². The van der Waals surface area contributed by atoms with Gasteiger partial charge in [0.2, 0.25) is 6.79 Å². The molecule has 2 fully saturated rings. The summed E-state index contributed by atoms with van der Waals surface area (Å²) in [5, 5.41) is 0.407. The van der Waals surface area contributed by atoms with Crippen LogP contribution in [-0.2, 0) is 16.4 Å². The Labute approximate surface area is 184 Å². The molecule has 3 heterocycles. The van der Waals surface area contributed by atoms with Crippen LogP contribution in [0.15, 0.2) is 47.5 Å². The lowest BCUT2D eigenvalue weighted by atomic mass is 10.1. The Hall–Kier alpha value is -2.72. The van der Waals surface area contributed by atoms with E-state index in [4.69, 9.17) is 14.2 Å². The Kier molecular flexibility index (Phi) is 5.05. The number of fused-ring (bicyclic) bond motifs is 2. The molecule has 0 aliphatic carbocycles. The van der Waals surface area contributed by atoms with Gasteiger partial charge >= 0.3 is 0 Å². The number of carbonyl (C=O) groups is 1. The van der Waals surface area contributed by atoms with E-state index in [-0.39, 0.29) is 35.5 Å². The summed E-state index contributed by atoms with van der Waals surface area (Å²) < 4.78 is 40.4. The molecule has 5 rings (SSSR count). The average Bonchev–Trinajstić information content (AvgIpc) is 3.41. The van der Waals surface area contributed by atoms with Crippen LogP contribution in [0.3, 0.4) is 0 Å². The molecule has 2 aromatic carbocycles. The van der Waals surface area contributed by atoms with Crippen molar-refractivity contribution in [2.45, 2.75) is 17.8 Å². The third-order valence-electron chi connectivity index (χ3n) is 5.50. The normalized spacial score (nSPS) is 24.4. The molecule has 3 aliphatic rings. The molecular weight excluding hydrogens is 440 g/mol. The van der Waals surface area contributed by atoms with E-state index in [1.54, 1.807) is 31.4 Å². The highest BCUT2D eigenvalue weighted by atomic mass is 32.2. The standard InChI is InChI=1S/C21H20N2O6S2/c1-27-15-5-3-14(4-6-15)20(24)22-21-23(16-10-31(25,26)11-19(16)30-21)9-13-2-7-17-18(8-13)29-12-28-17/h2-8,16,19H,9-12H2,1H3/t16-,19+/m1/s1. The minimum absolute atomic E-state index is 0.0605. The largest absolute Gasteiger partial charge is 0.497 e. The maximum absolute atomic E-state index is 12.8. The molecule has 0 N–H and O–H groups in total. The van der Waals surface area contributed by atoms with Gasteiger partial charge in [0.15, 0.2) is 26.5 Å². The molecule has 0 radical (unpaired) electrons. The van der Waals surface area contributed by atoms with Crippen molar-refractivity contribution in [1.82, 2.24) is 4.90 Å². The van der Waals surface area contributed by atoms with E-state index in [1.165, 1.54) is 11.8 Å². The van der Waals surface area contributed by atoms with Gasteiger partial charge in [-0.25, -0.2) is 8.42 Å². The van der Waals surface area contributed by atoms with Gasteiger partial charge in [0.25, 0.3) is 5.91 Å². The first-order valence-electron chi connectivity index (χ1n) is 9.71. The molecule has 0 saturated carbocycles. The molecule has 10 heteroatoms. The molecule has 0 unspecified atom stereocenters. The molecule has 2 saturated heterocycles. The Morgan fingerprint density at radius 3 is 2.71 bits per heavy atom. The summed E-state index contributed by atoms with van der Waals surface area (Å²) in [6.07, 6.45) is 0. The first kappa shape index (κ1) is 20.2. The molecule has 162 valence electrons. The van der Waals surface area contributed by atoms with Gasteiger partial charge in [0.05, 0.1) is 24.7 Å². The fourth-order valence-corrected chi connectivity index (χ4v) is 7.89. The van der Waals surface area contributed by atoms with E-state index < -0.39 is 9.84 Å². The predicted octanol–water partition coefficient (Wildman–Crippen LogP) is 2.33. The number of hydrogen-bond donors (Lipinski definition) is 0. The van der Waals surface area contributed by atoms with Crippen LogP contribution in [0.5, 0.6) is 17.2 Å². The van der Waals surface area contributed by atoms with E-state index in [1.807, 2.05) is 23.1 Å². The lowest BCUT2D eigenvalue weighted by molar-refractivity contribution is 0.100. The second-order valence-corrected chi connectivity index (χ2v) is 10.9. The SMILES string of the molecule is COc1ccc(C(=O)N=C2S[C@H]3CS(=O)(=O)C[C@H]3N2Cc2ccc3c(c2)OCO3)cc1. The maximum atomic E-state index is 12.8. The lowest BCUT2D eigenvalue weighted by Gasteiger charge is -2.24. The van der Waals surface area contributed by atoms with Crippen molar-refractivity contribution < 1.29 is 27.4 Å². The van der Waals surface area contributed by atoms with E-state index in [0.717, 1.165) is 5.56 Å². The van der Waals surface area contributed by atoms with E-state index in [2.05, 4.69) is 4.99 Å². The first-order valence-corrected chi connectivity index (χ1v) is 12.4. The summed E-state index contributed by atoms with van der Waals surface area (Å²) in [6.45, 7) is 0.611. The third kappa shape index (κ3) is 3.97. The summed E-state index contributed by atoms with van der Waals surface area (Å²) >= 11 is 1.36. The van der Waals surface area contributed by atoms with Gasteiger partial charge in [-0.3, -0.25) is 4.79 Å². The molecule has 8 nitrogen and oxygen atoms in total. The van der Waals surface area contributed by atoms with Gasteiger partial charge < -0.3 is 19.1 Å². The number of amidine groups is 1. The summed E-state index contributed by atoms with van der Waals surface area (Å²) in [5.74, 6) is 1.78. The van der Waals surface area contributed by atoms with Crippen molar-refractivity contribution in [3.05, 3.63) is 53.6 Å². The number of carbonyl (C=O) groups excluding carboxylic acids is 1. The highest BCUT2D eigenvalue weighted by Gasteiger charge is 2.48. The second kappa shape index (κ2) is 7.76. The van der Waals surface area contributed by atoms with E-state index in [9.17, 15) is 13.2 Å². The highest BCUT2D eigenvalue weighted by molar-refractivity contribution is 8.15. The minimum Gasteiger partial charge on any atom is -0.497 e. The summed E-state index contributed by atoms with van der Waals surface area (Å²) in [7, 11) is -1.55. The number of sulfone groups is 1. The number of aliphatic imine (C=N–C) groups is 1. The molecule has 0 spiro atoms. The number of amides is 1. The predicted molar refractivity (Wildman–Crippen MR) is 117 cm³/mol. The van der Waals surface area contributed by atoms with E-state index in [0.29, 0.717) is 34.5 Å². The molecule has 3 aliphatic heterocycles. The van der Waals surface area contributed by atoms with Crippen LogP contribution in [-0.4, -0.2) is 61.1 Å². The van der Waals surface area contributed by atoms with Crippen LogP contribution in [0.2, 0.25) is 0 Å². The number of benzene rings is 2. The molecule has 31 heavy (non-hydrogen) atoms. The van der Waals surface area contributed by atoms with Crippen LogP contribution < -0.4 is 14.2 Å². The fourth-order valence-electron chi connectivity index (χ4n) is 3.94. The third-order valence-corrected chi connectivity index (χ3v) is 8.75. The first-order chi connectivity index (χ1) is 14.9. The van der Waals surface area contributed by atoms with Gasteiger partial charge in [-0.2, -0.15) is 4.99 Å². The van der Waals surface area contributed by atoms with E-state index >= 15 is 0 Å². The molecule has 2 aromatic rings. The molecule has 2 atom stereocenters. The van der Waals surface area contributed by atoms with Gasteiger partial charge in [-0.1, -0.05) is 17.8 Å². The van der Waals surface area contributed by atoms with Crippen molar-refractivity contribution >= 4 is 32.7 Å². The van der Waals surface area contributed by atoms with Gasteiger partial charge in [-0.15, -0.1) is 0 Å². The maximum Gasteiger partial charge on any atom is 0.279 e. The molecular formula is C21H20N2O6S2. The van der Waals surface area contributed by atoms with Crippen LogP contribution in [0.1, 0.15) is 15.9 Å².